The largest absolute Gasteiger partial charge is 0.462 e. The van der Waals surface area contributed by atoms with E-state index in [1.54, 1.807) is 0 Å². The molecule has 0 aliphatic heterocycles. The molecule has 344 valence electrons. The summed E-state index contributed by atoms with van der Waals surface area (Å²) >= 11 is 0. The zero-order valence-electron chi connectivity index (χ0n) is 39.2. The highest BCUT2D eigenvalue weighted by Gasteiger charge is 2.19. The standard InChI is InChI=1S/C54H92O6/c1-4-7-10-13-16-19-22-24-26-27-28-29-31-32-35-38-41-44-47-53(56)59-50-51(49-58-52(55)46-43-40-37-34-21-18-15-12-9-6-3)60-54(57)48-45-42-39-36-33-30-25-23-20-17-14-11-8-5-2/h8,11,15,17-18,20,25-30,51H,4-7,9-10,12-14,16,19,21-24,31-50H2,1-3H3/b11-8-,18-15-,20-17-,27-26-,29-28-,30-25-. The summed E-state index contributed by atoms with van der Waals surface area (Å²) in [7, 11) is 0. The van der Waals surface area contributed by atoms with Crippen LogP contribution in [0.5, 0.6) is 0 Å². The lowest BCUT2D eigenvalue weighted by atomic mass is 10.1. The summed E-state index contributed by atoms with van der Waals surface area (Å²) in [6, 6.07) is 0. The molecule has 0 spiro atoms. The minimum atomic E-state index is -0.796. The van der Waals surface area contributed by atoms with Gasteiger partial charge in [0.05, 0.1) is 0 Å². The minimum Gasteiger partial charge on any atom is -0.462 e. The number of ether oxygens (including phenoxy) is 3. The van der Waals surface area contributed by atoms with Crippen molar-refractivity contribution in [2.45, 2.75) is 239 Å². The molecule has 0 amide bonds. The highest BCUT2D eigenvalue weighted by Crippen LogP contribution is 2.13. The smallest absolute Gasteiger partial charge is 0.306 e. The molecule has 0 aromatic carbocycles. The number of esters is 3. The van der Waals surface area contributed by atoms with Crippen molar-refractivity contribution in [3.05, 3.63) is 72.9 Å². The second-order valence-electron chi connectivity index (χ2n) is 16.4. The molecule has 0 aromatic heterocycles. The van der Waals surface area contributed by atoms with Gasteiger partial charge in [0, 0.05) is 19.3 Å². The molecule has 0 rings (SSSR count). The molecule has 0 bridgehead atoms. The molecule has 0 aromatic rings. The van der Waals surface area contributed by atoms with Gasteiger partial charge in [-0.1, -0.05) is 190 Å². The van der Waals surface area contributed by atoms with Gasteiger partial charge in [-0.3, -0.25) is 14.4 Å². The van der Waals surface area contributed by atoms with Gasteiger partial charge in [0.2, 0.25) is 0 Å². The van der Waals surface area contributed by atoms with E-state index in [2.05, 4.69) is 93.7 Å². The van der Waals surface area contributed by atoms with Gasteiger partial charge in [0.15, 0.2) is 6.10 Å². The number of rotatable bonds is 44. The Kier molecular flexibility index (Phi) is 46.0. The molecule has 6 heteroatoms. The van der Waals surface area contributed by atoms with Crippen LogP contribution in [0.2, 0.25) is 0 Å². The Morgan fingerprint density at radius 1 is 0.367 bits per heavy atom. The summed E-state index contributed by atoms with van der Waals surface area (Å²) in [6.07, 6.45) is 60.3. The molecule has 0 radical (unpaired) electrons. The van der Waals surface area contributed by atoms with Gasteiger partial charge >= 0.3 is 17.9 Å². The molecule has 6 nitrogen and oxygen atoms in total. The molecule has 0 aliphatic carbocycles. The first kappa shape index (κ1) is 56.9. The molecule has 0 heterocycles. The van der Waals surface area contributed by atoms with Gasteiger partial charge in [0.25, 0.3) is 0 Å². The van der Waals surface area contributed by atoms with Crippen LogP contribution in [0.25, 0.3) is 0 Å². The summed E-state index contributed by atoms with van der Waals surface area (Å²) in [4.78, 5) is 37.8. The zero-order chi connectivity index (χ0) is 43.7. The minimum absolute atomic E-state index is 0.0964. The van der Waals surface area contributed by atoms with Gasteiger partial charge in [-0.25, -0.2) is 0 Å². The molecule has 0 aliphatic rings. The molecule has 1 unspecified atom stereocenters. The van der Waals surface area contributed by atoms with Crippen LogP contribution in [-0.2, 0) is 28.6 Å². The number of hydrogen-bond acceptors (Lipinski definition) is 6. The van der Waals surface area contributed by atoms with Crippen LogP contribution < -0.4 is 0 Å². The lowest BCUT2D eigenvalue weighted by molar-refractivity contribution is -0.167. The van der Waals surface area contributed by atoms with Gasteiger partial charge in [-0.05, 0) is 96.3 Å². The molecular formula is C54H92O6. The number of allylic oxidation sites excluding steroid dienone is 12. The molecule has 0 saturated carbocycles. The van der Waals surface area contributed by atoms with Crippen LogP contribution in [0.3, 0.4) is 0 Å². The maximum Gasteiger partial charge on any atom is 0.306 e. The molecule has 0 fully saturated rings. The lowest BCUT2D eigenvalue weighted by Crippen LogP contribution is -2.30. The fourth-order valence-corrected chi connectivity index (χ4v) is 6.66. The van der Waals surface area contributed by atoms with Crippen molar-refractivity contribution in [1.82, 2.24) is 0 Å². The topological polar surface area (TPSA) is 78.9 Å². The first-order valence-electron chi connectivity index (χ1n) is 25.0. The first-order valence-corrected chi connectivity index (χ1v) is 25.0. The fourth-order valence-electron chi connectivity index (χ4n) is 6.66. The van der Waals surface area contributed by atoms with E-state index in [4.69, 9.17) is 14.2 Å². The first-order chi connectivity index (χ1) is 29.5. The van der Waals surface area contributed by atoms with Crippen molar-refractivity contribution in [3.8, 4) is 0 Å². The van der Waals surface area contributed by atoms with Crippen LogP contribution in [0.4, 0.5) is 0 Å². The van der Waals surface area contributed by atoms with Crippen LogP contribution in [0.1, 0.15) is 233 Å². The van der Waals surface area contributed by atoms with Gasteiger partial charge in [-0.15, -0.1) is 0 Å². The van der Waals surface area contributed by atoms with E-state index in [1.807, 2.05) is 0 Å². The second kappa shape index (κ2) is 48.5. The molecular weight excluding hydrogens is 745 g/mol. The fraction of sp³-hybridized carbons (Fsp3) is 0.722. The maximum atomic E-state index is 12.7. The third kappa shape index (κ3) is 45.9. The van der Waals surface area contributed by atoms with Crippen LogP contribution >= 0.6 is 0 Å². The van der Waals surface area contributed by atoms with E-state index in [0.717, 1.165) is 128 Å². The van der Waals surface area contributed by atoms with Crippen LogP contribution in [0, 0.1) is 0 Å². The third-order valence-corrected chi connectivity index (χ3v) is 10.4. The van der Waals surface area contributed by atoms with E-state index in [9.17, 15) is 14.4 Å². The Bertz CT molecular complexity index is 1140. The van der Waals surface area contributed by atoms with E-state index < -0.39 is 6.10 Å². The summed E-state index contributed by atoms with van der Waals surface area (Å²) in [5.74, 6) is -0.949. The molecule has 1 atom stereocenters. The van der Waals surface area contributed by atoms with Crippen molar-refractivity contribution in [2.75, 3.05) is 13.2 Å². The number of carbonyl (C=O) groups is 3. The monoisotopic (exact) mass is 837 g/mol. The maximum absolute atomic E-state index is 12.7. The third-order valence-electron chi connectivity index (χ3n) is 10.4. The van der Waals surface area contributed by atoms with Gasteiger partial charge in [0.1, 0.15) is 13.2 Å². The Balaban J connectivity index is 4.41. The number of carbonyl (C=O) groups excluding carboxylic acids is 3. The molecule has 0 saturated heterocycles. The number of hydrogen-bond donors (Lipinski definition) is 0. The Hall–Kier alpha value is -3.15. The van der Waals surface area contributed by atoms with Crippen molar-refractivity contribution < 1.29 is 28.6 Å². The van der Waals surface area contributed by atoms with Crippen molar-refractivity contribution in [1.29, 1.82) is 0 Å². The predicted molar refractivity (Wildman–Crippen MR) is 256 cm³/mol. The SMILES string of the molecule is CC/C=C\C/C=C\C/C=C\CCCCCCC(=O)OC(COC(=O)CCCCCC/C=C\CCCC)COC(=O)CCCCCCC/C=C\C=C/CCCCCCCCC. The quantitative estimate of drug-likeness (QED) is 0.0200. The summed E-state index contributed by atoms with van der Waals surface area (Å²) in [5, 5.41) is 0. The summed E-state index contributed by atoms with van der Waals surface area (Å²) < 4.78 is 16.7. The van der Waals surface area contributed by atoms with E-state index in [1.165, 1.54) is 64.2 Å². The zero-order valence-corrected chi connectivity index (χ0v) is 39.2. The van der Waals surface area contributed by atoms with Crippen molar-refractivity contribution in [3.63, 3.8) is 0 Å². The Labute approximate surface area is 370 Å². The normalized spacial score (nSPS) is 12.7. The van der Waals surface area contributed by atoms with E-state index in [-0.39, 0.29) is 31.1 Å². The van der Waals surface area contributed by atoms with E-state index >= 15 is 0 Å². The van der Waals surface area contributed by atoms with Crippen LogP contribution in [-0.4, -0.2) is 37.2 Å². The predicted octanol–water partition coefficient (Wildman–Crippen LogP) is 16.3. The average Bonchev–Trinajstić information content (AvgIpc) is 3.24. The molecule has 60 heavy (non-hydrogen) atoms. The van der Waals surface area contributed by atoms with Crippen molar-refractivity contribution in [2.24, 2.45) is 0 Å². The number of unbranched alkanes of at least 4 members (excludes halogenated alkanes) is 22. The van der Waals surface area contributed by atoms with Gasteiger partial charge < -0.3 is 14.2 Å². The Morgan fingerprint density at radius 3 is 1.18 bits per heavy atom. The van der Waals surface area contributed by atoms with E-state index in [0.29, 0.717) is 19.3 Å². The average molecular weight is 837 g/mol. The van der Waals surface area contributed by atoms with Crippen molar-refractivity contribution >= 4 is 17.9 Å². The summed E-state index contributed by atoms with van der Waals surface area (Å²) in [6.45, 7) is 6.43. The van der Waals surface area contributed by atoms with Crippen LogP contribution in [0.15, 0.2) is 72.9 Å². The molecule has 0 N–H and O–H groups in total. The van der Waals surface area contributed by atoms with Gasteiger partial charge in [-0.2, -0.15) is 0 Å². The summed E-state index contributed by atoms with van der Waals surface area (Å²) in [5.41, 5.74) is 0. The highest BCUT2D eigenvalue weighted by molar-refractivity contribution is 5.71. The lowest BCUT2D eigenvalue weighted by Gasteiger charge is -2.18. The highest BCUT2D eigenvalue weighted by atomic mass is 16.6. The Morgan fingerprint density at radius 2 is 0.717 bits per heavy atom. The second-order valence-corrected chi connectivity index (χ2v) is 16.4.